The second-order valence-corrected chi connectivity index (χ2v) is 5.31. The molecular formula is C17H19N3O3. The van der Waals surface area contributed by atoms with Gasteiger partial charge in [0.15, 0.2) is 0 Å². The van der Waals surface area contributed by atoms with E-state index in [2.05, 4.69) is 9.97 Å². The molecule has 0 fully saturated rings. The van der Waals surface area contributed by atoms with E-state index in [0.29, 0.717) is 37.7 Å². The molecule has 0 bridgehead atoms. The predicted molar refractivity (Wildman–Crippen MR) is 84.3 cm³/mol. The van der Waals surface area contributed by atoms with Gasteiger partial charge >= 0.3 is 0 Å². The Morgan fingerprint density at radius 2 is 2.04 bits per heavy atom. The van der Waals surface area contributed by atoms with Gasteiger partial charge in [0.25, 0.3) is 5.91 Å². The van der Waals surface area contributed by atoms with E-state index in [1.165, 1.54) is 0 Å². The van der Waals surface area contributed by atoms with E-state index in [1.807, 2.05) is 17.0 Å². The summed E-state index contributed by atoms with van der Waals surface area (Å²) in [6.07, 6.45) is 4.00. The van der Waals surface area contributed by atoms with Gasteiger partial charge in [0, 0.05) is 50.6 Å². The molecule has 0 radical (unpaired) electrons. The number of nitrogens with zero attached hydrogens (tertiary/aromatic N) is 3. The number of hydrogen-bond donors (Lipinski definition) is 0. The highest BCUT2D eigenvalue weighted by molar-refractivity contribution is 5.94. The second-order valence-electron chi connectivity index (χ2n) is 5.31. The van der Waals surface area contributed by atoms with E-state index in [1.54, 1.807) is 31.6 Å². The van der Waals surface area contributed by atoms with Gasteiger partial charge in [0.2, 0.25) is 5.88 Å². The van der Waals surface area contributed by atoms with Gasteiger partial charge in [-0.15, -0.1) is 0 Å². The molecule has 0 saturated heterocycles. The molecule has 3 rings (SSSR count). The molecule has 2 aromatic heterocycles. The first-order valence-corrected chi connectivity index (χ1v) is 7.58. The molecule has 6 heteroatoms. The van der Waals surface area contributed by atoms with Crippen molar-refractivity contribution in [1.29, 1.82) is 0 Å². The van der Waals surface area contributed by atoms with Gasteiger partial charge < -0.3 is 14.4 Å². The van der Waals surface area contributed by atoms with Crippen LogP contribution in [0, 0.1) is 0 Å². The summed E-state index contributed by atoms with van der Waals surface area (Å²) in [4.78, 5) is 22.8. The quantitative estimate of drug-likeness (QED) is 0.786. The number of pyridine rings is 2. The summed E-state index contributed by atoms with van der Waals surface area (Å²) in [5, 5.41) is 0. The molecule has 1 amide bonds. The molecule has 0 N–H and O–H groups in total. The average Bonchev–Trinajstić information content (AvgIpc) is 2.61. The van der Waals surface area contributed by atoms with Crippen molar-refractivity contribution in [3.8, 4) is 5.88 Å². The first-order chi connectivity index (χ1) is 11.3. The minimum absolute atomic E-state index is 0.0264. The number of carbonyl (C=O) groups excluding carboxylic acids is 1. The minimum Gasteiger partial charge on any atom is -0.475 e. The SMILES string of the molecule is COCCOc1ccc2c(n1)CCN(C(=O)c1ccncc1)C2. The van der Waals surface area contributed by atoms with E-state index in [9.17, 15) is 4.79 Å². The van der Waals surface area contributed by atoms with Crippen LogP contribution < -0.4 is 4.74 Å². The maximum Gasteiger partial charge on any atom is 0.254 e. The van der Waals surface area contributed by atoms with Crippen LogP contribution in [-0.4, -0.2) is 47.6 Å². The normalized spacial score (nSPS) is 13.5. The molecule has 0 aromatic carbocycles. The molecule has 2 aromatic rings. The molecule has 0 spiro atoms. The lowest BCUT2D eigenvalue weighted by molar-refractivity contribution is 0.0733. The van der Waals surface area contributed by atoms with Crippen LogP contribution >= 0.6 is 0 Å². The Kier molecular flexibility index (Phi) is 4.83. The van der Waals surface area contributed by atoms with Crippen LogP contribution in [0.25, 0.3) is 0 Å². The number of rotatable bonds is 5. The first kappa shape index (κ1) is 15.4. The highest BCUT2D eigenvalue weighted by atomic mass is 16.5. The van der Waals surface area contributed by atoms with Crippen molar-refractivity contribution in [2.45, 2.75) is 13.0 Å². The Morgan fingerprint density at radius 1 is 1.22 bits per heavy atom. The van der Waals surface area contributed by atoms with Gasteiger partial charge in [0.1, 0.15) is 6.61 Å². The minimum atomic E-state index is 0.0264. The number of fused-ring (bicyclic) bond motifs is 1. The monoisotopic (exact) mass is 313 g/mol. The molecule has 23 heavy (non-hydrogen) atoms. The zero-order valence-electron chi connectivity index (χ0n) is 13.1. The Balaban J connectivity index is 1.68. The van der Waals surface area contributed by atoms with Crippen LogP contribution in [0.1, 0.15) is 21.6 Å². The molecule has 3 heterocycles. The third-order valence-electron chi connectivity index (χ3n) is 3.77. The standard InChI is InChI=1S/C17H19N3O3/c1-22-10-11-23-16-3-2-14-12-20(9-6-15(14)19-16)17(21)13-4-7-18-8-5-13/h2-5,7-8H,6,9-12H2,1H3. The van der Waals surface area contributed by atoms with Gasteiger partial charge in [-0.05, 0) is 17.7 Å². The zero-order chi connectivity index (χ0) is 16.1. The molecule has 0 unspecified atom stereocenters. The van der Waals surface area contributed by atoms with Crippen molar-refractivity contribution in [3.63, 3.8) is 0 Å². The number of aromatic nitrogens is 2. The van der Waals surface area contributed by atoms with E-state index in [0.717, 1.165) is 17.7 Å². The van der Waals surface area contributed by atoms with Crippen molar-refractivity contribution in [2.75, 3.05) is 26.9 Å². The van der Waals surface area contributed by atoms with Gasteiger partial charge in [-0.1, -0.05) is 6.07 Å². The largest absolute Gasteiger partial charge is 0.475 e. The predicted octanol–water partition coefficient (Wildman–Crippen LogP) is 1.70. The Labute approximate surface area is 135 Å². The molecule has 120 valence electrons. The van der Waals surface area contributed by atoms with Crippen LogP contribution in [0.2, 0.25) is 0 Å². The fraction of sp³-hybridized carbons (Fsp3) is 0.353. The second kappa shape index (κ2) is 7.19. The van der Waals surface area contributed by atoms with E-state index in [-0.39, 0.29) is 5.91 Å². The van der Waals surface area contributed by atoms with Crippen LogP contribution in [0.5, 0.6) is 5.88 Å². The lowest BCUT2D eigenvalue weighted by atomic mass is 10.0. The number of methoxy groups -OCH3 is 1. The summed E-state index contributed by atoms with van der Waals surface area (Å²) in [6.45, 7) is 2.24. The number of carbonyl (C=O) groups is 1. The third kappa shape index (κ3) is 3.65. The highest BCUT2D eigenvalue weighted by Gasteiger charge is 2.22. The van der Waals surface area contributed by atoms with E-state index in [4.69, 9.17) is 9.47 Å². The Morgan fingerprint density at radius 3 is 2.83 bits per heavy atom. The Bertz CT molecular complexity index is 676. The lowest BCUT2D eigenvalue weighted by Crippen LogP contribution is -2.36. The van der Waals surface area contributed by atoms with E-state index >= 15 is 0 Å². The van der Waals surface area contributed by atoms with Crippen molar-refractivity contribution < 1.29 is 14.3 Å². The maximum absolute atomic E-state index is 12.5. The molecule has 0 atom stereocenters. The molecule has 0 aliphatic carbocycles. The molecule has 1 aliphatic heterocycles. The summed E-state index contributed by atoms with van der Waals surface area (Å²) in [7, 11) is 1.64. The van der Waals surface area contributed by atoms with E-state index < -0.39 is 0 Å². The van der Waals surface area contributed by atoms with Gasteiger partial charge in [-0.25, -0.2) is 4.98 Å². The van der Waals surface area contributed by atoms with Crippen molar-refractivity contribution in [3.05, 3.63) is 53.5 Å². The van der Waals surface area contributed by atoms with Crippen LogP contribution in [-0.2, 0) is 17.7 Å². The Hall–Kier alpha value is -2.47. The van der Waals surface area contributed by atoms with Crippen molar-refractivity contribution >= 4 is 5.91 Å². The number of hydrogen-bond acceptors (Lipinski definition) is 5. The summed E-state index contributed by atoms with van der Waals surface area (Å²) < 4.78 is 10.5. The van der Waals surface area contributed by atoms with Gasteiger partial charge in [-0.2, -0.15) is 0 Å². The fourth-order valence-electron chi connectivity index (χ4n) is 2.56. The zero-order valence-corrected chi connectivity index (χ0v) is 13.1. The highest BCUT2D eigenvalue weighted by Crippen LogP contribution is 2.21. The first-order valence-electron chi connectivity index (χ1n) is 7.58. The molecular weight excluding hydrogens is 294 g/mol. The summed E-state index contributed by atoms with van der Waals surface area (Å²) in [5.41, 5.74) is 2.73. The molecule has 0 saturated carbocycles. The number of ether oxygens (including phenoxy) is 2. The van der Waals surface area contributed by atoms with Crippen molar-refractivity contribution in [1.82, 2.24) is 14.9 Å². The van der Waals surface area contributed by atoms with Crippen molar-refractivity contribution in [2.24, 2.45) is 0 Å². The third-order valence-corrected chi connectivity index (χ3v) is 3.77. The van der Waals surface area contributed by atoms with Crippen LogP contribution in [0.15, 0.2) is 36.7 Å². The molecule has 6 nitrogen and oxygen atoms in total. The summed E-state index contributed by atoms with van der Waals surface area (Å²) in [6, 6.07) is 7.30. The van der Waals surface area contributed by atoms with Gasteiger partial charge in [0.05, 0.1) is 12.3 Å². The smallest absolute Gasteiger partial charge is 0.254 e. The number of amides is 1. The van der Waals surface area contributed by atoms with Gasteiger partial charge in [-0.3, -0.25) is 9.78 Å². The summed E-state index contributed by atoms with van der Waals surface area (Å²) >= 11 is 0. The summed E-state index contributed by atoms with van der Waals surface area (Å²) in [5.74, 6) is 0.633. The lowest BCUT2D eigenvalue weighted by Gasteiger charge is -2.28. The van der Waals surface area contributed by atoms with Crippen LogP contribution in [0.4, 0.5) is 0 Å². The van der Waals surface area contributed by atoms with Crippen LogP contribution in [0.3, 0.4) is 0 Å². The maximum atomic E-state index is 12.5. The fourth-order valence-corrected chi connectivity index (χ4v) is 2.56. The average molecular weight is 313 g/mol. The topological polar surface area (TPSA) is 64.6 Å². The molecule has 1 aliphatic rings.